The van der Waals surface area contributed by atoms with Crippen molar-refractivity contribution in [2.24, 2.45) is 10.7 Å². The Kier molecular flexibility index (Phi) is 4.09. The number of hydrogen-bond acceptors (Lipinski definition) is 4. The third-order valence-electron chi connectivity index (χ3n) is 2.71. The smallest absolute Gasteiger partial charge is 0.229 e. The maximum absolute atomic E-state index is 5.79. The van der Waals surface area contributed by atoms with Crippen LogP contribution in [-0.4, -0.2) is 35.2 Å². The molecule has 0 spiro atoms. The zero-order valence-corrected chi connectivity index (χ0v) is 10.8. The summed E-state index contributed by atoms with van der Waals surface area (Å²) in [6.45, 7) is 5.25. The van der Waals surface area contributed by atoms with Crippen LogP contribution in [-0.2, 0) is 4.74 Å². The first-order valence-corrected chi connectivity index (χ1v) is 6.14. The molecule has 1 aliphatic heterocycles. The average molecular weight is 249 g/mol. The molecule has 1 fully saturated rings. The third-order valence-corrected chi connectivity index (χ3v) is 2.71. The van der Waals surface area contributed by atoms with Crippen LogP contribution in [0.4, 0.5) is 5.95 Å². The lowest BCUT2D eigenvalue weighted by molar-refractivity contribution is 0.118. The number of hydrogen-bond donors (Lipinski definition) is 2. The maximum atomic E-state index is 5.79. The lowest BCUT2D eigenvalue weighted by Crippen LogP contribution is -2.26. The summed E-state index contributed by atoms with van der Waals surface area (Å²) in [4.78, 5) is 12.7. The van der Waals surface area contributed by atoms with Crippen molar-refractivity contribution in [1.82, 2.24) is 9.97 Å². The van der Waals surface area contributed by atoms with Crippen molar-refractivity contribution in [3.63, 3.8) is 0 Å². The fraction of sp³-hybridized carbons (Fsp3) is 0.583. The standard InChI is InChI=1S/C12H19N5O/c1-8-6-9(2)16-12(15-8)17-11(13)14-7-10-4-3-5-18-10/h6,10H,3-5,7H2,1-2H3,(H3,13,14,15,16,17)/t10-/m1/s1. The van der Waals surface area contributed by atoms with Gasteiger partial charge in [-0.2, -0.15) is 0 Å². The molecular formula is C12H19N5O. The fourth-order valence-corrected chi connectivity index (χ4v) is 1.92. The fourth-order valence-electron chi connectivity index (χ4n) is 1.92. The lowest BCUT2D eigenvalue weighted by Gasteiger charge is -2.08. The topological polar surface area (TPSA) is 85.4 Å². The van der Waals surface area contributed by atoms with Crippen LogP contribution in [0.15, 0.2) is 11.1 Å². The first-order chi connectivity index (χ1) is 8.63. The zero-order chi connectivity index (χ0) is 13.0. The van der Waals surface area contributed by atoms with E-state index < -0.39 is 0 Å². The zero-order valence-electron chi connectivity index (χ0n) is 10.8. The third kappa shape index (κ3) is 3.66. The van der Waals surface area contributed by atoms with Gasteiger partial charge >= 0.3 is 0 Å². The highest BCUT2D eigenvalue weighted by atomic mass is 16.5. The number of nitrogens with two attached hydrogens (primary N) is 1. The van der Waals surface area contributed by atoms with Crippen LogP contribution in [0, 0.1) is 13.8 Å². The van der Waals surface area contributed by atoms with Crippen LogP contribution >= 0.6 is 0 Å². The molecule has 18 heavy (non-hydrogen) atoms. The van der Waals surface area contributed by atoms with Crippen LogP contribution in [0.5, 0.6) is 0 Å². The van der Waals surface area contributed by atoms with Gasteiger partial charge in [-0.1, -0.05) is 0 Å². The lowest BCUT2D eigenvalue weighted by atomic mass is 10.2. The molecule has 0 unspecified atom stereocenters. The molecule has 3 N–H and O–H groups in total. The average Bonchev–Trinajstić information content (AvgIpc) is 2.77. The molecule has 2 rings (SSSR count). The number of aromatic nitrogens is 2. The van der Waals surface area contributed by atoms with Crippen molar-refractivity contribution in [2.75, 3.05) is 18.5 Å². The minimum absolute atomic E-state index is 0.200. The van der Waals surface area contributed by atoms with E-state index in [9.17, 15) is 0 Å². The normalized spacial score (nSPS) is 20.1. The Morgan fingerprint density at radius 2 is 2.22 bits per heavy atom. The van der Waals surface area contributed by atoms with Gasteiger partial charge in [0, 0.05) is 18.0 Å². The molecule has 1 atom stereocenters. The molecule has 6 nitrogen and oxygen atoms in total. The first-order valence-electron chi connectivity index (χ1n) is 6.14. The quantitative estimate of drug-likeness (QED) is 0.616. The summed E-state index contributed by atoms with van der Waals surface area (Å²) in [6, 6.07) is 1.91. The molecule has 1 aromatic heterocycles. The molecule has 0 aromatic carbocycles. The van der Waals surface area contributed by atoms with Gasteiger partial charge in [-0.25, -0.2) is 9.97 Å². The summed E-state index contributed by atoms with van der Waals surface area (Å²) in [5.41, 5.74) is 7.59. The summed E-state index contributed by atoms with van der Waals surface area (Å²) < 4.78 is 5.47. The maximum Gasteiger partial charge on any atom is 0.229 e. The number of guanidine groups is 1. The van der Waals surface area contributed by atoms with E-state index in [2.05, 4.69) is 20.3 Å². The molecule has 1 aliphatic rings. The number of ether oxygens (including phenoxy) is 1. The molecule has 98 valence electrons. The first kappa shape index (κ1) is 12.8. The van der Waals surface area contributed by atoms with E-state index in [0.717, 1.165) is 30.8 Å². The number of nitrogens with one attached hydrogen (secondary N) is 1. The number of rotatable bonds is 3. The Balaban J connectivity index is 1.92. The van der Waals surface area contributed by atoms with E-state index in [-0.39, 0.29) is 6.10 Å². The Labute approximate surface area is 107 Å². The van der Waals surface area contributed by atoms with Crippen molar-refractivity contribution >= 4 is 11.9 Å². The van der Waals surface area contributed by atoms with E-state index in [4.69, 9.17) is 10.5 Å². The molecule has 0 bridgehead atoms. The molecule has 6 heteroatoms. The number of aryl methyl sites for hydroxylation is 2. The molecule has 1 aromatic rings. The van der Waals surface area contributed by atoms with Crippen molar-refractivity contribution in [2.45, 2.75) is 32.8 Å². The Morgan fingerprint density at radius 1 is 1.50 bits per heavy atom. The van der Waals surface area contributed by atoms with Crippen LogP contribution < -0.4 is 11.1 Å². The van der Waals surface area contributed by atoms with Crippen LogP contribution in [0.25, 0.3) is 0 Å². The van der Waals surface area contributed by atoms with Crippen molar-refractivity contribution in [3.8, 4) is 0 Å². The summed E-state index contributed by atoms with van der Waals surface area (Å²) in [6.07, 6.45) is 2.36. The van der Waals surface area contributed by atoms with Crippen LogP contribution in [0.2, 0.25) is 0 Å². The van der Waals surface area contributed by atoms with Gasteiger partial charge in [0.2, 0.25) is 5.95 Å². The van der Waals surface area contributed by atoms with Crippen LogP contribution in [0.3, 0.4) is 0 Å². The second kappa shape index (κ2) is 5.77. The number of anilines is 1. The molecule has 2 heterocycles. The molecule has 0 saturated carbocycles. The van der Waals surface area contributed by atoms with E-state index in [1.807, 2.05) is 19.9 Å². The highest BCUT2D eigenvalue weighted by molar-refractivity contribution is 5.90. The van der Waals surface area contributed by atoms with Crippen molar-refractivity contribution < 1.29 is 4.74 Å². The van der Waals surface area contributed by atoms with Crippen LogP contribution in [0.1, 0.15) is 24.2 Å². The van der Waals surface area contributed by atoms with Crippen molar-refractivity contribution in [3.05, 3.63) is 17.5 Å². The molecular weight excluding hydrogens is 230 g/mol. The number of nitrogens with zero attached hydrogens (tertiary/aromatic N) is 3. The predicted molar refractivity (Wildman–Crippen MR) is 70.6 cm³/mol. The number of aliphatic imine (C=N–C) groups is 1. The minimum atomic E-state index is 0.200. The Morgan fingerprint density at radius 3 is 2.83 bits per heavy atom. The molecule has 0 radical (unpaired) electrons. The minimum Gasteiger partial charge on any atom is -0.376 e. The molecule has 1 saturated heterocycles. The molecule has 0 aliphatic carbocycles. The van der Waals surface area contributed by atoms with Gasteiger partial charge in [0.1, 0.15) is 0 Å². The van der Waals surface area contributed by atoms with E-state index >= 15 is 0 Å². The van der Waals surface area contributed by atoms with Gasteiger partial charge in [0.05, 0.1) is 12.6 Å². The Hall–Kier alpha value is -1.69. The van der Waals surface area contributed by atoms with Gasteiger partial charge < -0.3 is 10.5 Å². The Bertz CT molecular complexity index is 420. The summed E-state index contributed by atoms with van der Waals surface area (Å²) in [7, 11) is 0. The second-order valence-corrected chi connectivity index (χ2v) is 4.46. The van der Waals surface area contributed by atoms with Gasteiger partial charge in [-0.05, 0) is 32.8 Å². The summed E-state index contributed by atoms with van der Waals surface area (Å²) in [5.74, 6) is 0.816. The largest absolute Gasteiger partial charge is 0.376 e. The summed E-state index contributed by atoms with van der Waals surface area (Å²) in [5, 5.41) is 2.90. The highest BCUT2D eigenvalue weighted by Crippen LogP contribution is 2.11. The highest BCUT2D eigenvalue weighted by Gasteiger charge is 2.14. The van der Waals surface area contributed by atoms with Crippen molar-refractivity contribution in [1.29, 1.82) is 0 Å². The van der Waals surface area contributed by atoms with Gasteiger partial charge in [-0.15, -0.1) is 0 Å². The van der Waals surface area contributed by atoms with Gasteiger partial charge in [0.15, 0.2) is 5.96 Å². The monoisotopic (exact) mass is 249 g/mol. The summed E-state index contributed by atoms with van der Waals surface area (Å²) >= 11 is 0. The van der Waals surface area contributed by atoms with E-state index in [1.165, 1.54) is 0 Å². The van der Waals surface area contributed by atoms with Gasteiger partial charge in [0.25, 0.3) is 0 Å². The van der Waals surface area contributed by atoms with Gasteiger partial charge in [-0.3, -0.25) is 10.3 Å². The SMILES string of the molecule is Cc1cc(C)nc(NC(N)=NC[C@H]2CCCO2)n1. The predicted octanol–water partition coefficient (Wildman–Crippen LogP) is 0.999. The van der Waals surface area contributed by atoms with E-state index in [0.29, 0.717) is 18.5 Å². The van der Waals surface area contributed by atoms with E-state index in [1.54, 1.807) is 0 Å². The second-order valence-electron chi connectivity index (χ2n) is 4.46. The molecule has 0 amide bonds.